The highest BCUT2D eigenvalue weighted by molar-refractivity contribution is 6.42. The molecule has 0 spiro atoms. The largest absolute Gasteiger partial charge is 0.325 e. The Labute approximate surface area is 172 Å². The van der Waals surface area contributed by atoms with E-state index in [2.05, 4.69) is 10.6 Å². The molecule has 0 radical (unpaired) electrons. The number of imide groups is 1. The van der Waals surface area contributed by atoms with Crippen LogP contribution in [-0.4, -0.2) is 29.3 Å². The van der Waals surface area contributed by atoms with Crippen molar-refractivity contribution >= 4 is 46.7 Å². The van der Waals surface area contributed by atoms with Crippen LogP contribution in [0.5, 0.6) is 0 Å². The van der Waals surface area contributed by atoms with Crippen LogP contribution in [0.3, 0.4) is 0 Å². The van der Waals surface area contributed by atoms with Gasteiger partial charge in [-0.1, -0.05) is 48.3 Å². The van der Waals surface area contributed by atoms with Gasteiger partial charge in [-0.05, 0) is 48.7 Å². The third-order valence-corrected chi connectivity index (χ3v) is 5.46. The summed E-state index contributed by atoms with van der Waals surface area (Å²) in [4.78, 5) is 38.5. The van der Waals surface area contributed by atoms with E-state index in [-0.39, 0.29) is 5.02 Å². The Hall–Kier alpha value is -2.57. The quantitative estimate of drug-likeness (QED) is 0.719. The fraction of sp³-hybridized carbons (Fsp3) is 0.250. The second-order valence-electron chi connectivity index (χ2n) is 6.67. The third-order valence-electron chi connectivity index (χ3n) is 4.72. The number of hydrogen-bond donors (Lipinski definition) is 2. The summed E-state index contributed by atoms with van der Waals surface area (Å²) in [6.07, 6.45) is 0.893. The lowest BCUT2D eigenvalue weighted by Gasteiger charge is -2.22. The molecule has 146 valence electrons. The molecule has 1 fully saturated rings. The predicted octanol–water partition coefficient (Wildman–Crippen LogP) is 3.96. The van der Waals surface area contributed by atoms with Crippen LogP contribution in [0.25, 0.3) is 0 Å². The van der Waals surface area contributed by atoms with Crippen molar-refractivity contribution in [2.45, 2.75) is 25.8 Å². The van der Waals surface area contributed by atoms with E-state index in [0.29, 0.717) is 16.3 Å². The average Bonchev–Trinajstić information content (AvgIpc) is 2.88. The van der Waals surface area contributed by atoms with Crippen LogP contribution >= 0.6 is 23.2 Å². The molecule has 1 aliphatic rings. The molecule has 1 aliphatic heterocycles. The first-order valence-electron chi connectivity index (χ1n) is 8.73. The van der Waals surface area contributed by atoms with Gasteiger partial charge in [-0.2, -0.15) is 0 Å². The number of hydrogen-bond acceptors (Lipinski definition) is 3. The van der Waals surface area contributed by atoms with E-state index in [4.69, 9.17) is 23.2 Å². The molecule has 0 saturated carbocycles. The van der Waals surface area contributed by atoms with E-state index >= 15 is 0 Å². The monoisotopic (exact) mass is 419 g/mol. The number of carbonyl (C=O) groups excluding carboxylic acids is 3. The molecule has 0 aromatic heterocycles. The second kappa shape index (κ2) is 7.81. The summed E-state index contributed by atoms with van der Waals surface area (Å²) < 4.78 is 0. The number of carbonyl (C=O) groups is 3. The van der Waals surface area contributed by atoms with Crippen molar-refractivity contribution in [1.29, 1.82) is 0 Å². The minimum absolute atomic E-state index is 0.272. The smallest absolute Gasteiger partial charge is 0.325 e. The Bertz CT molecular complexity index is 946. The van der Waals surface area contributed by atoms with Crippen LogP contribution in [0.4, 0.5) is 10.5 Å². The summed E-state index contributed by atoms with van der Waals surface area (Å²) >= 11 is 12.0. The Kier molecular flexibility index (Phi) is 5.63. The summed E-state index contributed by atoms with van der Waals surface area (Å²) in [5.41, 5.74) is 0.901. The summed E-state index contributed by atoms with van der Waals surface area (Å²) in [6.45, 7) is 3.21. The van der Waals surface area contributed by atoms with Gasteiger partial charge in [-0.25, -0.2) is 4.79 Å². The Balaban J connectivity index is 1.73. The SMILES string of the molecule is CCc1ccc(NC(=O)CN2C(=O)NC(C)(c3ccc(Cl)c(Cl)c3)C2=O)cc1. The Morgan fingerprint density at radius 3 is 2.39 bits per heavy atom. The Morgan fingerprint density at radius 1 is 1.11 bits per heavy atom. The first-order chi connectivity index (χ1) is 13.2. The van der Waals surface area contributed by atoms with E-state index < -0.39 is 29.9 Å². The number of anilines is 1. The predicted molar refractivity (Wildman–Crippen MR) is 109 cm³/mol. The number of benzene rings is 2. The van der Waals surface area contributed by atoms with Gasteiger partial charge in [0.15, 0.2) is 0 Å². The fourth-order valence-electron chi connectivity index (χ4n) is 3.01. The number of halogens is 2. The molecule has 4 amide bonds. The number of nitrogens with zero attached hydrogens (tertiary/aromatic N) is 1. The lowest BCUT2D eigenvalue weighted by molar-refractivity contribution is -0.133. The van der Waals surface area contributed by atoms with Crippen molar-refractivity contribution in [1.82, 2.24) is 10.2 Å². The zero-order chi connectivity index (χ0) is 20.5. The fourth-order valence-corrected chi connectivity index (χ4v) is 3.31. The zero-order valence-electron chi connectivity index (χ0n) is 15.4. The highest BCUT2D eigenvalue weighted by atomic mass is 35.5. The van der Waals surface area contributed by atoms with Crippen LogP contribution < -0.4 is 10.6 Å². The normalized spacial score (nSPS) is 18.9. The summed E-state index contributed by atoms with van der Waals surface area (Å²) in [6, 6.07) is 11.4. The van der Waals surface area contributed by atoms with Gasteiger partial charge in [0.05, 0.1) is 10.0 Å². The second-order valence-corrected chi connectivity index (χ2v) is 7.49. The van der Waals surface area contributed by atoms with Crippen molar-refractivity contribution in [3.05, 3.63) is 63.6 Å². The van der Waals surface area contributed by atoms with E-state index in [1.54, 1.807) is 31.2 Å². The lowest BCUT2D eigenvalue weighted by Crippen LogP contribution is -2.42. The van der Waals surface area contributed by atoms with Crippen molar-refractivity contribution in [2.24, 2.45) is 0 Å². The lowest BCUT2D eigenvalue weighted by atomic mass is 9.92. The minimum atomic E-state index is -1.33. The van der Waals surface area contributed by atoms with E-state index in [0.717, 1.165) is 16.9 Å². The van der Waals surface area contributed by atoms with E-state index in [9.17, 15) is 14.4 Å². The van der Waals surface area contributed by atoms with E-state index in [1.807, 2.05) is 19.1 Å². The van der Waals surface area contributed by atoms with Gasteiger partial charge in [-0.15, -0.1) is 0 Å². The molecule has 2 aromatic carbocycles. The molecule has 3 rings (SSSR count). The molecule has 1 heterocycles. The van der Waals surface area contributed by atoms with Crippen molar-refractivity contribution < 1.29 is 14.4 Å². The molecule has 28 heavy (non-hydrogen) atoms. The highest BCUT2D eigenvalue weighted by Crippen LogP contribution is 2.32. The third kappa shape index (κ3) is 3.84. The van der Waals surface area contributed by atoms with Crippen LogP contribution in [0.1, 0.15) is 25.0 Å². The van der Waals surface area contributed by atoms with Gasteiger partial charge in [0, 0.05) is 5.69 Å². The molecule has 1 saturated heterocycles. The van der Waals surface area contributed by atoms with Gasteiger partial charge >= 0.3 is 6.03 Å². The summed E-state index contributed by atoms with van der Waals surface area (Å²) in [5.74, 6) is -1.00. The maximum atomic E-state index is 12.9. The van der Waals surface area contributed by atoms with Gasteiger partial charge < -0.3 is 10.6 Å². The molecular formula is C20H19Cl2N3O3. The zero-order valence-corrected chi connectivity index (χ0v) is 16.9. The molecule has 2 N–H and O–H groups in total. The van der Waals surface area contributed by atoms with Crippen LogP contribution in [0.2, 0.25) is 10.0 Å². The maximum Gasteiger partial charge on any atom is 0.325 e. The number of amides is 4. The van der Waals surface area contributed by atoms with E-state index in [1.165, 1.54) is 6.07 Å². The molecule has 1 atom stereocenters. The Morgan fingerprint density at radius 2 is 1.79 bits per heavy atom. The van der Waals surface area contributed by atoms with Crippen LogP contribution in [0.15, 0.2) is 42.5 Å². The molecule has 0 bridgehead atoms. The number of urea groups is 1. The topological polar surface area (TPSA) is 78.5 Å². The van der Waals surface area contributed by atoms with Gasteiger partial charge in [0.2, 0.25) is 5.91 Å². The first-order valence-corrected chi connectivity index (χ1v) is 9.48. The van der Waals surface area contributed by atoms with Crippen molar-refractivity contribution in [2.75, 3.05) is 11.9 Å². The maximum absolute atomic E-state index is 12.9. The van der Waals surface area contributed by atoms with Crippen molar-refractivity contribution in [3.8, 4) is 0 Å². The number of nitrogens with one attached hydrogen (secondary N) is 2. The molecular weight excluding hydrogens is 401 g/mol. The highest BCUT2D eigenvalue weighted by Gasteiger charge is 2.49. The minimum Gasteiger partial charge on any atom is -0.325 e. The van der Waals surface area contributed by atoms with Crippen LogP contribution in [0, 0.1) is 0 Å². The number of aryl methyl sites for hydroxylation is 1. The molecule has 8 heteroatoms. The van der Waals surface area contributed by atoms with Crippen molar-refractivity contribution in [3.63, 3.8) is 0 Å². The van der Waals surface area contributed by atoms with Gasteiger partial charge in [0.25, 0.3) is 5.91 Å². The molecule has 0 aliphatic carbocycles. The summed E-state index contributed by atoms with van der Waals surface area (Å²) in [5, 5.41) is 5.94. The molecule has 6 nitrogen and oxygen atoms in total. The summed E-state index contributed by atoms with van der Waals surface area (Å²) in [7, 11) is 0. The van der Waals surface area contributed by atoms with Crippen LogP contribution in [-0.2, 0) is 21.5 Å². The molecule has 1 unspecified atom stereocenters. The first kappa shape index (κ1) is 20.2. The van der Waals surface area contributed by atoms with Gasteiger partial charge in [-0.3, -0.25) is 14.5 Å². The molecule has 2 aromatic rings. The van der Waals surface area contributed by atoms with Gasteiger partial charge in [0.1, 0.15) is 12.1 Å². The average molecular weight is 420 g/mol. The standard InChI is InChI=1S/C20H19Cl2N3O3/c1-3-12-4-7-14(8-5-12)23-17(26)11-25-18(27)20(2,24-19(25)28)13-6-9-15(21)16(22)10-13/h4-10H,3,11H2,1-2H3,(H,23,26)(H,24,28). The number of rotatable bonds is 5.